The Labute approximate surface area is 139 Å². The minimum atomic E-state index is -3.13. The molecule has 1 aliphatic rings. The second-order valence-electron chi connectivity index (χ2n) is 6.17. The summed E-state index contributed by atoms with van der Waals surface area (Å²) in [4.78, 5) is 12.2. The topological polar surface area (TPSA) is 66.5 Å². The molecule has 0 aliphatic heterocycles. The number of hydrogen-bond acceptors (Lipinski definition) is 3. The highest BCUT2D eigenvalue weighted by Gasteiger charge is 2.44. The summed E-state index contributed by atoms with van der Waals surface area (Å²) in [5.74, 6) is 0.586. The molecule has 0 aromatic heterocycles. The van der Waals surface area contributed by atoms with E-state index in [1.807, 2.05) is 12.1 Å². The summed E-state index contributed by atoms with van der Waals surface area (Å²) < 4.78 is 24.6. The van der Waals surface area contributed by atoms with Crippen molar-refractivity contribution in [1.29, 1.82) is 0 Å². The van der Waals surface area contributed by atoms with Crippen molar-refractivity contribution in [2.45, 2.75) is 32.6 Å². The Morgan fingerprint density at radius 3 is 2.70 bits per heavy atom. The second-order valence-corrected chi connectivity index (χ2v) is 8.54. The molecule has 0 spiro atoms. The summed E-state index contributed by atoms with van der Waals surface area (Å²) >= 11 is 0. The molecular formula is C17H26N2O3S. The van der Waals surface area contributed by atoms with Crippen LogP contribution in [-0.4, -0.2) is 44.5 Å². The molecule has 0 saturated heterocycles. The number of sulfonamides is 1. The van der Waals surface area contributed by atoms with Gasteiger partial charge in [-0.25, -0.2) is 12.7 Å². The molecule has 0 radical (unpaired) electrons. The summed E-state index contributed by atoms with van der Waals surface area (Å²) in [7, 11) is -1.55. The van der Waals surface area contributed by atoms with Crippen molar-refractivity contribution >= 4 is 15.9 Å². The van der Waals surface area contributed by atoms with E-state index in [0.717, 1.165) is 6.42 Å². The highest BCUT2D eigenvalue weighted by atomic mass is 32.2. The van der Waals surface area contributed by atoms with Crippen molar-refractivity contribution in [3.05, 3.63) is 35.4 Å². The molecule has 1 aliphatic carbocycles. The molecule has 1 fully saturated rings. The fourth-order valence-corrected chi connectivity index (χ4v) is 3.68. The molecule has 5 nitrogen and oxygen atoms in total. The summed E-state index contributed by atoms with van der Waals surface area (Å²) in [5, 5.41) is 2.93. The molecule has 2 rings (SSSR count). The lowest BCUT2D eigenvalue weighted by atomic mass is 10.0. The van der Waals surface area contributed by atoms with Crippen LogP contribution in [0.4, 0.5) is 0 Å². The molecule has 1 N–H and O–H groups in total. The van der Waals surface area contributed by atoms with E-state index in [2.05, 4.69) is 24.4 Å². The standard InChI is InChI=1S/C17H26N2O3S/c1-4-23(21,22)19(3)11-7-10-18-17(20)16-12-15(16)14-9-6-5-8-13(14)2/h5-6,8-9,15-16H,4,7,10-12H2,1-3H3,(H,18,20)/t15-,16-/m0/s1. The fourth-order valence-electron chi connectivity index (χ4n) is 2.84. The van der Waals surface area contributed by atoms with E-state index in [4.69, 9.17) is 0 Å². The summed E-state index contributed by atoms with van der Waals surface area (Å²) in [6.45, 7) is 4.65. The average molecular weight is 338 g/mol. The molecule has 0 heterocycles. The monoisotopic (exact) mass is 338 g/mol. The number of hydrogen-bond donors (Lipinski definition) is 1. The van der Waals surface area contributed by atoms with Gasteiger partial charge < -0.3 is 5.32 Å². The van der Waals surface area contributed by atoms with E-state index < -0.39 is 10.0 Å². The largest absolute Gasteiger partial charge is 0.356 e. The third-order valence-corrected chi connectivity index (χ3v) is 6.37. The van der Waals surface area contributed by atoms with Crippen LogP contribution in [0.2, 0.25) is 0 Å². The Bertz CT molecular complexity index is 658. The first kappa shape index (κ1) is 17.9. The van der Waals surface area contributed by atoms with Gasteiger partial charge in [-0.3, -0.25) is 4.79 Å². The van der Waals surface area contributed by atoms with Gasteiger partial charge in [0.2, 0.25) is 15.9 Å². The molecule has 1 amide bonds. The number of nitrogens with one attached hydrogen (secondary N) is 1. The Kier molecular flexibility index (Phi) is 5.81. The number of rotatable bonds is 8. The maximum absolute atomic E-state index is 12.2. The van der Waals surface area contributed by atoms with Gasteiger partial charge in [-0.2, -0.15) is 0 Å². The Hall–Kier alpha value is -1.40. The molecule has 0 bridgehead atoms. The van der Waals surface area contributed by atoms with E-state index in [1.54, 1.807) is 14.0 Å². The van der Waals surface area contributed by atoms with E-state index in [-0.39, 0.29) is 17.6 Å². The van der Waals surface area contributed by atoms with Crippen LogP contribution in [0.3, 0.4) is 0 Å². The third kappa shape index (κ3) is 4.54. The van der Waals surface area contributed by atoms with Gasteiger partial charge in [-0.15, -0.1) is 0 Å². The minimum Gasteiger partial charge on any atom is -0.356 e. The zero-order valence-corrected chi connectivity index (χ0v) is 14.9. The van der Waals surface area contributed by atoms with Crippen LogP contribution in [0.15, 0.2) is 24.3 Å². The third-order valence-electron chi connectivity index (χ3n) is 4.50. The maximum atomic E-state index is 12.2. The lowest BCUT2D eigenvalue weighted by Crippen LogP contribution is -2.33. The van der Waals surface area contributed by atoms with Crippen molar-refractivity contribution < 1.29 is 13.2 Å². The second kappa shape index (κ2) is 7.45. The highest BCUT2D eigenvalue weighted by molar-refractivity contribution is 7.89. The van der Waals surface area contributed by atoms with Crippen LogP contribution in [0, 0.1) is 12.8 Å². The van der Waals surface area contributed by atoms with Crippen LogP contribution in [0.5, 0.6) is 0 Å². The Balaban J connectivity index is 1.72. The zero-order valence-electron chi connectivity index (χ0n) is 14.1. The first-order chi connectivity index (χ1) is 10.9. The smallest absolute Gasteiger partial charge is 0.223 e. The molecule has 1 saturated carbocycles. The van der Waals surface area contributed by atoms with Crippen LogP contribution in [0.1, 0.15) is 36.8 Å². The predicted octanol–water partition coefficient (Wildman–Crippen LogP) is 1.89. The fraction of sp³-hybridized carbons (Fsp3) is 0.588. The Morgan fingerprint density at radius 2 is 2.04 bits per heavy atom. The minimum absolute atomic E-state index is 0.0632. The van der Waals surface area contributed by atoms with E-state index in [1.165, 1.54) is 15.4 Å². The van der Waals surface area contributed by atoms with Gasteiger partial charge >= 0.3 is 0 Å². The van der Waals surface area contributed by atoms with Gasteiger partial charge in [-0.05, 0) is 43.7 Å². The van der Waals surface area contributed by atoms with Gasteiger partial charge in [0.1, 0.15) is 0 Å². The zero-order chi connectivity index (χ0) is 17.0. The SMILES string of the molecule is CCS(=O)(=O)N(C)CCCNC(=O)[C@H]1C[C@H]1c1ccccc1C. The number of carbonyl (C=O) groups is 1. The van der Waals surface area contributed by atoms with Gasteiger partial charge in [0.05, 0.1) is 5.75 Å². The van der Waals surface area contributed by atoms with Crippen molar-refractivity contribution in [1.82, 2.24) is 9.62 Å². The lowest BCUT2D eigenvalue weighted by Gasteiger charge is -2.15. The van der Waals surface area contributed by atoms with Gasteiger partial charge in [0.25, 0.3) is 0 Å². The average Bonchev–Trinajstić information content (AvgIpc) is 3.32. The summed E-state index contributed by atoms with van der Waals surface area (Å²) in [6, 6.07) is 8.20. The molecular weight excluding hydrogens is 312 g/mol. The van der Waals surface area contributed by atoms with Crippen LogP contribution in [-0.2, 0) is 14.8 Å². The maximum Gasteiger partial charge on any atom is 0.223 e. The van der Waals surface area contributed by atoms with E-state index in [9.17, 15) is 13.2 Å². The predicted molar refractivity (Wildman–Crippen MR) is 91.7 cm³/mol. The molecule has 6 heteroatoms. The van der Waals surface area contributed by atoms with Crippen LogP contribution >= 0.6 is 0 Å². The number of aryl methyl sites for hydroxylation is 1. The van der Waals surface area contributed by atoms with E-state index in [0.29, 0.717) is 25.4 Å². The van der Waals surface area contributed by atoms with Crippen molar-refractivity contribution in [3.8, 4) is 0 Å². The van der Waals surface area contributed by atoms with Crippen LogP contribution < -0.4 is 5.32 Å². The number of amides is 1. The number of benzene rings is 1. The molecule has 1 aromatic rings. The van der Waals surface area contributed by atoms with Gasteiger partial charge in [0, 0.05) is 26.1 Å². The van der Waals surface area contributed by atoms with Crippen molar-refractivity contribution in [2.24, 2.45) is 5.92 Å². The number of nitrogens with zero attached hydrogens (tertiary/aromatic N) is 1. The molecule has 0 unspecified atom stereocenters. The molecule has 23 heavy (non-hydrogen) atoms. The summed E-state index contributed by atoms with van der Waals surface area (Å²) in [6.07, 6.45) is 1.53. The molecule has 1 aromatic carbocycles. The first-order valence-electron chi connectivity index (χ1n) is 8.14. The molecule has 2 atom stereocenters. The number of carbonyl (C=O) groups excluding carboxylic acids is 1. The Morgan fingerprint density at radius 1 is 1.35 bits per heavy atom. The normalized spacial score (nSPS) is 20.5. The van der Waals surface area contributed by atoms with Crippen LogP contribution in [0.25, 0.3) is 0 Å². The quantitative estimate of drug-likeness (QED) is 0.736. The van der Waals surface area contributed by atoms with Crippen molar-refractivity contribution in [3.63, 3.8) is 0 Å². The van der Waals surface area contributed by atoms with Gasteiger partial charge in [0.15, 0.2) is 0 Å². The highest BCUT2D eigenvalue weighted by Crippen LogP contribution is 2.48. The first-order valence-corrected chi connectivity index (χ1v) is 9.75. The molecule has 128 valence electrons. The van der Waals surface area contributed by atoms with Crippen molar-refractivity contribution in [2.75, 3.05) is 25.9 Å². The van der Waals surface area contributed by atoms with E-state index >= 15 is 0 Å². The van der Waals surface area contributed by atoms with Gasteiger partial charge in [-0.1, -0.05) is 24.3 Å². The lowest BCUT2D eigenvalue weighted by molar-refractivity contribution is -0.122. The summed E-state index contributed by atoms with van der Waals surface area (Å²) in [5.41, 5.74) is 2.50.